The van der Waals surface area contributed by atoms with Gasteiger partial charge in [0.2, 0.25) is 7.37 Å². The van der Waals surface area contributed by atoms with E-state index in [2.05, 4.69) is 4.52 Å². The van der Waals surface area contributed by atoms with Crippen LogP contribution in [-0.2, 0) is 18.4 Å². The zero-order chi connectivity index (χ0) is 18.3. The summed E-state index contributed by atoms with van der Waals surface area (Å²) in [6, 6.07) is 4.13. The molecule has 0 aromatic heterocycles. The van der Waals surface area contributed by atoms with E-state index in [4.69, 9.17) is 20.5 Å². The lowest BCUT2D eigenvalue weighted by atomic mass is 10.2. The van der Waals surface area contributed by atoms with Gasteiger partial charge in [-0.3, -0.25) is 18.4 Å². The Kier molecular flexibility index (Phi) is 8.05. The molecule has 10 nitrogen and oxygen atoms in total. The van der Waals surface area contributed by atoms with Gasteiger partial charge in [0.05, 0.1) is 0 Å². The van der Waals surface area contributed by atoms with Crippen molar-refractivity contribution >= 4 is 21.6 Å². The predicted octanol–water partition coefficient (Wildman–Crippen LogP) is 0.485. The molecule has 6 N–H and O–H groups in total. The summed E-state index contributed by atoms with van der Waals surface area (Å²) in [6.45, 7) is -0.443. The molecule has 0 amide bonds. The molecule has 0 saturated heterocycles. The Balaban J connectivity index is 2.65. The highest BCUT2D eigenvalue weighted by atomic mass is 31.2. The highest BCUT2D eigenvalue weighted by Crippen LogP contribution is 2.54. The molecular weight excluding hydrogens is 364 g/mol. The maximum atomic E-state index is 12.1. The second-order valence-electron chi connectivity index (χ2n) is 4.83. The summed E-state index contributed by atoms with van der Waals surface area (Å²) in [5.74, 6) is -2.73. The fourth-order valence-electron chi connectivity index (χ4n) is 1.69. The van der Waals surface area contributed by atoms with Gasteiger partial charge in [-0.05, 0) is 24.1 Å². The minimum Gasteiger partial charge on any atom is -0.480 e. The molecule has 0 aliphatic rings. The van der Waals surface area contributed by atoms with Crippen LogP contribution >= 0.6 is 15.6 Å². The molecule has 4 atom stereocenters. The fourth-order valence-corrected chi connectivity index (χ4v) is 3.38. The van der Waals surface area contributed by atoms with Crippen molar-refractivity contribution in [3.8, 4) is 5.75 Å². The smallest absolute Gasteiger partial charge is 0.320 e. The van der Waals surface area contributed by atoms with E-state index in [1.54, 1.807) is 0 Å². The van der Waals surface area contributed by atoms with Crippen LogP contribution in [0.3, 0.4) is 0 Å². The van der Waals surface area contributed by atoms with E-state index in [0.717, 1.165) is 0 Å². The minimum atomic E-state index is -4.07. The van der Waals surface area contributed by atoms with Gasteiger partial charge in [-0.25, -0.2) is 0 Å². The second kappa shape index (κ2) is 9.29. The number of rotatable bonds is 10. The molecular formula is C12H19NO9P2. The molecule has 0 spiro atoms. The number of hydrogen-bond acceptors (Lipinski definition) is 7. The molecule has 3 unspecified atom stereocenters. The van der Waals surface area contributed by atoms with Crippen molar-refractivity contribution in [2.24, 2.45) is 5.73 Å². The van der Waals surface area contributed by atoms with E-state index in [1.165, 1.54) is 24.3 Å². The largest absolute Gasteiger partial charge is 0.480 e. The number of benzene rings is 1. The quantitative estimate of drug-likeness (QED) is 0.282. The van der Waals surface area contributed by atoms with Gasteiger partial charge in [0.1, 0.15) is 11.8 Å². The summed E-state index contributed by atoms with van der Waals surface area (Å²) in [5, 5.41) is 18.7. The number of carboxylic acid groups (broad SMARTS) is 1. The van der Waals surface area contributed by atoms with E-state index >= 15 is 0 Å². The van der Waals surface area contributed by atoms with Crippen molar-refractivity contribution in [1.82, 2.24) is 0 Å². The van der Waals surface area contributed by atoms with Crippen molar-refractivity contribution in [2.45, 2.75) is 18.3 Å². The maximum Gasteiger partial charge on any atom is 0.320 e. The molecule has 1 aromatic rings. The molecule has 12 heteroatoms. The van der Waals surface area contributed by atoms with Crippen LogP contribution in [0, 0.1) is 0 Å². The first-order chi connectivity index (χ1) is 11.1. The summed E-state index contributed by atoms with van der Waals surface area (Å²) in [6.07, 6.45) is -0.697. The normalized spacial score (nSPS) is 17.5. The first kappa shape index (κ1) is 20.8. The molecule has 0 radical (unpaired) electrons. The Hall–Kier alpha value is -1.25. The van der Waals surface area contributed by atoms with Gasteiger partial charge in [0.15, 0.2) is 12.6 Å². The van der Waals surface area contributed by atoms with Gasteiger partial charge in [-0.2, -0.15) is 0 Å². The topological polar surface area (TPSA) is 177 Å². The molecule has 1 aromatic carbocycles. The number of aliphatic hydroxyl groups excluding tert-OH is 1. The van der Waals surface area contributed by atoms with Crippen molar-refractivity contribution < 1.29 is 43.2 Å². The van der Waals surface area contributed by atoms with Crippen LogP contribution < -0.4 is 10.5 Å². The molecule has 0 fully saturated rings. The SMILES string of the molecule is N[C@@H](CCP(=O)(O)C(O)c1ccc(OCO[PH](=O)O)cc1)C(=O)O. The van der Waals surface area contributed by atoms with E-state index in [9.17, 15) is 23.9 Å². The van der Waals surface area contributed by atoms with Crippen LogP contribution in [0.15, 0.2) is 24.3 Å². The summed E-state index contributed by atoms with van der Waals surface area (Å²) in [7, 11) is -7.17. The third kappa shape index (κ3) is 6.70. The third-order valence-electron chi connectivity index (χ3n) is 3.05. The highest BCUT2D eigenvalue weighted by Gasteiger charge is 2.31. The van der Waals surface area contributed by atoms with E-state index in [0.29, 0.717) is 0 Å². The molecule has 0 bridgehead atoms. The van der Waals surface area contributed by atoms with Crippen LogP contribution in [-0.4, -0.2) is 45.0 Å². The van der Waals surface area contributed by atoms with Crippen molar-refractivity contribution in [3.05, 3.63) is 29.8 Å². The molecule has 136 valence electrons. The maximum absolute atomic E-state index is 12.1. The standard InChI is InChI=1S/C12H19NO9P2/c13-10(11(14)15)5-6-24(19,20)12(16)8-1-3-9(4-2-8)21-7-22-23(17)18/h1-4,10,12,16,23H,5-7,13H2,(H,14,15)(H,17,18)(H,19,20)/t10-,12?/m0/s1. The monoisotopic (exact) mass is 383 g/mol. The molecule has 0 heterocycles. The summed E-state index contributed by atoms with van der Waals surface area (Å²) < 4.78 is 31.8. The Morgan fingerprint density at radius 3 is 2.42 bits per heavy atom. The first-order valence-corrected chi connectivity index (χ1v) is 9.87. The van der Waals surface area contributed by atoms with Crippen molar-refractivity contribution in [3.63, 3.8) is 0 Å². The lowest BCUT2D eigenvalue weighted by molar-refractivity contribution is -0.138. The second-order valence-corrected chi connectivity index (χ2v) is 8.10. The van der Waals surface area contributed by atoms with Crippen LogP contribution in [0.2, 0.25) is 0 Å². The summed E-state index contributed by atoms with van der Waals surface area (Å²) in [5.41, 5.74) is 5.40. The highest BCUT2D eigenvalue weighted by molar-refractivity contribution is 7.58. The van der Waals surface area contributed by atoms with Crippen LogP contribution in [0.5, 0.6) is 5.75 Å². The Morgan fingerprint density at radius 2 is 1.92 bits per heavy atom. The van der Waals surface area contributed by atoms with E-state index in [1.807, 2.05) is 0 Å². The van der Waals surface area contributed by atoms with Gasteiger partial charge in [0.25, 0.3) is 0 Å². The molecule has 0 saturated carbocycles. The van der Waals surface area contributed by atoms with Crippen molar-refractivity contribution in [1.29, 1.82) is 0 Å². The number of carboxylic acids is 1. The van der Waals surface area contributed by atoms with Gasteiger partial charge in [-0.15, -0.1) is 0 Å². The van der Waals surface area contributed by atoms with Gasteiger partial charge in [-0.1, -0.05) is 12.1 Å². The zero-order valence-corrected chi connectivity index (χ0v) is 14.3. The molecule has 0 aliphatic heterocycles. The van der Waals surface area contributed by atoms with Crippen LogP contribution in [0.25, 0.3) is 0 Å². The molecule has 24 heavy (non-hydrogen) atoms. The summed E-state index contributed by atoms with van der Waals surface area (Å²) in [4.78, 5) is 29.0. The Bertz CT molecular complexity index is 621. The number of carbonyl (C=O) groups is 1. The van der Waals surface area contributed by atoms with Gasteiger partial charge >= 0.3 is 14.2 Å². The van der Waals surface area contributed by atoms with Crippen molar-refractivity contribution in [2.75, 3.05) is 13.0 Å². The minimum absolute atomic E-state index is 0.133. The number of aliphatic hydroxyl groups is 1. The van der Waals surface area contributed by atoms with Crippen LogP contribution in [0.1, 0.15) is 17.8 Å². The fraction of sp³-hybridized carbons (Fsp3) is 0.417. The number of nitrogens with two attached hydrogens (primary N) is 1. The first-order valence-electron chi connectivity index (χ1n) is 6.70. The van der Waals surface area contributed by atoms with Gasteiger partial charge in [0, 0.05) is 6.16 Å². The number of aliphatic carboxylic acids is 1. The average molecular weight is 383 g/mol. The zero-order valence-electron chi connectivity index (χ0n) is 12.4. The van der Waals surface area contributed by atoms with Crippen LogP contribution in [0.4, 0.5) is 0 Å². The summed E-state index contributed by atoms with van der Waals surface area (Å²) >= 11 is 0. The van der Waals surface area contributed by atoms with E-state index in [-0.39, 0.29) is 17.7 Å². The Morgan fingerprint density at radius 1 is 1.33 bits per heavy atom. The van der Waals surface area contributed by atoms with Gasteiger partial charge < -0.3 is 30.5 Å². The molecule has 1 rings (SSSR count). The molecule has 0 aliphatic carbocycles. The lowest BCUT2D eigenvalue weighted by Gasteiger charge is -2.19. The number of ether oxygens (including phenoxy) is 1. The van der Waals surface area contributed by atoms with E-state index < -0.39 is 46.4 Å². The average Bonchev–Trinajstić information content (AvgIpc) is 2.52. The lowest BCUT2D eigenvalue weighted by Crippen LogP contribution is -2.31. The third-order valence-corrected chi connectivity index (χ3v) is 5.37. The number of hydrogen-bond donors (Lipinski definition) is 5. The Labute approximate surface area is 138 Å². The predicted molar refractivity (Wildman–Crippen MR) is 84.1 cm³/mol.